The molecule has 1 aromatic carbocycles. The second kappa shape index (κ2) is 6.75. The molecule has 0 saturated carbocycles. The molecule has 1 amide bonds. The number of carbonyl (C=O) groups excluding carboxylic acids is 1. The van der Waals surface area contributed by atoms with Crippen LogP contribution in [0.5, 0.6) is 0 Å². The highest BCUT2D eigenvalue weighted by Gasteiger charge is 2.17. The van der Waals surface area contributed by atoms with E-state index in [2.05, 4.69) is 10.2 Å². The predicted octanol–water partition coefficient (Wildman–Crippen LogP) is 3.12. The molecule has 1 rings (SSSR count). The molecule has 0 spiro atoms. The van der Waals surface area contributed by atoms with Crippen molar-refractivity contribution in [1.29, 1.82) is 0 Å². The van der Waals surface area contributed by atoms with Crippen molar-refractivity contribution >= 4 is 23.4 Å². The van der Waals surface area contributed by atoms with Crippen molar-refractivity contribution < 1.29 is 14.4 Å². The van der Waals surface area contributed by atoms with Crippen LogP contribution in [-0.2, 0) is 16.0 Å². The van der Waals surface area contributed by atoms with Crippen molar-refractivity contribution in [2.45, 2.75) is 32.8 Å². The van der Waals surface area contributed by atoms with E-state index in [0.717, 1.165) is 5.56 Å². The summed E-state index contributed by atoms with van der Waals surface area (Å²) in [5, 5.41) is 3.07. The first kappa shape index (κ1) is 15.8. The molecule has 19 heavy (non-hydrogen) atoms. The number of benzene rings is 1. The number of hydrogen-bond acceptors (Lipinski definition) is 4. The summed E-state index contributed by atoms with van der Waals surface area (Å²) >= 11 is 6.02. The maximum Gasteiger partial charge on any atom is 0.412 e. The van der Waals surface area contributed by atoms with Crippen LogP contribution in [0.2, 0.25) is 5.02 Å². The third-order valence-electron chi connectivity index (χ3n) is 2.17. The lowest BCUT2D eigenvalue weighted by molar-refractivity contribution is 0.0636. The van der Waals surface area contributed by atoms with Gasteiger partial charge in [0.05, 0.1) is 17.3 Å². The minimum absolute atomic E-state index is 0.396. The molecule has 0 bridgehead atoms. The predicted molar refractivity (Wildman–Crippen MR) is 75.2 cm³/mol. The molecule has 0 aliphatic rings. The zero-order valence-corrected chi connectivity index (χ0v) is 12.1. The summed E-state index contributed by atoms with van der Waals surface area (Å²) in [6, 6.07) is 5.33. The SMILES string of the molecule is CC(C)(C)OC(=O)Nc1cc(CCON)ccc1Cl. The third kappa shape index (κ3) is 5.92. The van der Waals surface area contributed by atoms with Gasteiger partial charge in [-0.3, -0.25) is 5.32 Å². The monoisotopic (exact) mass is 286 g/mol. The van der Waals surface area contributed by atoms with E-state index >= 15 is 0 Å². The molecule has 3 N–H and O–H groups in total. The van der Waals surface area contributed by atoms with Gasteiger partial charge in [-0.15, -0.1) is 0 Å². The molecule has 0 fully saturated rings. The number of halogens is 1. The van der Waals surface area contributed by atoms with E-state index in [9.17, 15) is 4.79 Å². The van der Waals surface area contributed by atoms with Crippen molar-refractivity contribution in [3.63, 3.8) is 0 Å². The molecule has 5 nitrogen and oxygen atoms in total. The lowest BCUT2D eigenvalue weighted by Gasteiger charge is -2.20. The van der Waals surface area contributed by atoms with Gasteiger partial charge in [0.15, 0.2) is 0 Å². The first-order valence-electron chi connectivity index (χ1n) is 5.92. The van der Waals surface area contributed by atoms with Gasteiger partial charge in [0.25, 0.3) is 0 Å². The number of nitrogens with two attached hydrogens (primary N) is 1. The average molecular weight is 287 g/mol. The number of rotatable bonds is 4. The molecular formula is C13H19ClN2O3. The van der Waals surface area contributed by atoms with Gasteiger partial charge in [-0.05, 0) is 44.9 Å². The average Bonchev–Trinajstić information content (AvgIpc) is 2.27. The Kier molecular flexibility index (Phi) is 5.60. The summed E-state index contributed by atoms with van der Waals surface area (Å²) in [5.74, 6) is 4.98. The number of amides is 1. The Labute approximate surface area is 118 Å². The largest absolute Gasteiger partial charge is 0.444 e. The number of carbonyl (C=O) groups is 1. The van der Waals surface area contributed by atoms with Gasteiger partial charge in [0.1, 0.15) is 5.60 Å². The lowest BCUT2D eigenvalue weighted by atomic mass is 10.1. The second-order valence-corrected chi connectivity index (χ2v) is 5.47. The smallest absolute Gasteiger partial charge is 0.412 e. The van der Waals surface area contributed by atoms with Crippen molar-refractivity contribution in [2.24, 2.45) is 5.90 Å². The van der Waals surface area contributed by atoms with Gasteiger partial charge in [0, 0.05) is 0 Å². The Hall–Kier alpha value is -1.30. The van der Waals surface area contributed by atoms with Crippen LogP contribution in [0.3, 0.4) is 0 Å². The summed E-state index contributed by atoms with van der Waals surface area (Å²) in [6.45, 7) is 5.78. The minimum Gasteiger partial charge on any atom is -0.444 e. The van der Waals surface area contributed by atoms with Crippen molar-refractivity contribution in [3.8, 4) is 0 Å². The van der Waals surface area contributed by atoms with Crippen molar-refractivity contribution in [2.75, 3.05) is 11.9 Å². The number of hydrogen-bond donors (Lipinski definition) is 2. The maximum atomic E-state index is 11.7. The van der Waals surface area contributed by atoms with Gasteiger partial charge < -0.3 is 9.57 Å². The van der Waals surface area contributed by atoms with E-state index in [1.165, 1.54) is 0 Å². The summed E-state index contributed by atoms with van der Waals surface area (Å²) in [5.41, 5.74) is 0.910. The number of nitrogens with one attached hydrogen (secondary N) is 1. The molecular weight excluding hydrogens is 268 g/mol. The Morgan fingerprint density at radius 1 is 1.42 bits per heavy atom. The fourth-order valence-corrected chi connectivity index (χ4v) is 1.58. The van der Waals surface area contributed by atoms with Gasteiger partial charge in [-0.25, -0.2) is 10.7 Å². The van der Waals surface area contributed by atoms with E-state index < -0.39 is 11.7 Å². The summed E-state index contributed by atoms with van der Waals surface area (Å²) in [7, 11) is 0. The Morgan fingerprint density at radius 2 is 2.11 bits per heavy atom. The summed E-state index contributed by atoms with van der Waals surface area (Å²) in [4.78, 5) is 16.2. The van der Waals surface area contributed by atoms with Crippen LogP contribution >= 0.6 is 11.6 Å². The number of ether oxygens (including phenoxy) is 1. The highest BCUT2D eigenvalue weighted by molar-refractivity contribution is 6.33. The normalized spacial score (nSPS) is 11.2. The van der Waals surface area contributed by atoms with Crippen LogP contribution in [-0.4, -0.2) is 18.3 Å². The molecule has 0 aromatic heterocycles. The zero-order valence-electron chi connectivity index (χ0n) is 11.3. The van der Waals surface area contributed by atoms with E-state index in [-0.39, 0.29) is 0 Å². The number of anilines is 1. The van der Waals surface area contributed by atoms with Gasteiger partial charge in [-0.1, -0.05) is 17.7 Å². The molecule has 6 heteroatoms. The zero-order chi connectivity index (χ0) is 14.5. The maximum absolute atomic E-state index is 11.7. The topological polar surface area (TPSA) is 73.6 Å². The summed E-state index contributed by atoms with van der Waals surface area (Å²) < 4.78 is 5.16. The molecule has 0 unspecified atom stereocenters. The first-order valence-corrected chi connectivity index (χ1v) is 6.30. The Balaban J connectivity index is 2.73. The quantitative estimate of drug-likeness (QED) is 0.834. The van der Waals surface area contributed by atoms with Crippen LogP contribution < -0.4 is 11.2 Å². The molecule has 1 aromatic rings. The lowest BCUT2D eigenvalue weighted by Crippen LogP contribution is -2.27. The van der Waals surface area contributed by atoms with Crippen LogP contribution in [0.1, 0.15) is 26.3 Å². The van der Waals surface area contributed by atoms with E-state index in [1.54, 1.807) is 32.9 Å². The van der Waals surface area contributed by atoms with Crippen LogP contribution in [0.15, 0.2) is 18.2 Å². The van der Waals surface area contributed by atoms with Crippen LogP contribution in [0, 0.1) is 0 Å². The fraction of sp³-hybridized carbons (Fsp3) is 0.462. The van der Waals surface area contributed by atoms with Gasteiger partial charge >= 0.3 is 6.09 Å². The second-order valence-electron chi connectivity index (χ2n) is 5.06. The minimum atomic E-state index is -0.554. The summed E-state index contributed by atoms with van der Waals surface area (Å²) in [6.07, 6.45) is 0.0954. The van der Waals surface area contributed by atoms with E-state index in [0.29, 0.717) is 23.7 Å². The molecule has 0 saturated heterocycles. The van der Waals surface area contributed by atoms with Crippen molar-refractivity contribution in [3.05, 3.63) is 28.8 Å². The standard InChI is InChI=1S/C13H19ClN2O3/c1-13(2,3)19-12(17)16-11-8-9(6-7-18-15)4-5-10(11)14/h4-5,8H,6-7,15H2,1-3H3,(H,16,17). The fourth-order valence-electron chi connectivity index (χ4n) is 1.41. The van der Waals surface area contributed by atoms with Crippen LogP contribution in [0.4, 0.5) is 10.5 Å². The highest BCUT2D eigenvalue weighted by atomic mass is 35.5. The molecule has 106 valence electrons. The molecule has 0 aliphatic carbocycles. The molecule has 0 aliphatic heterocycles. The molecule has 0 heterocycles. The van der Waals surface area contributed by atoms with E-state index in [4.69, 9.17) is 22.2 Å². The van der Waals surface area contributed by atoms with Crippen molar-refractivity contribution in [1.82, 2.24) is 0 Å². The molecule has 0 atom stereocenters. The Bertz CT molecular complexity index is 444. The molecule has 0 radical (unpaired) electrons. The van der Waals surface area contributed by atoms with E-state index in [1.807, 2.05) is 6.07 Å². The van der Waals surface area contributed by atoms with Crippen LogP contribution in [0.25, 0.3) is 0 Å². The Morgan fingerprint density at radius 3 is 2.68 bits per heavy atom. The van der Waals surface area contributed by atoms with Gasteiger partial charge in [-0.2, -0.15) is 0 Å². The third-order valence-corrected chi connectivity index (χ3v) is 2.50. The first-order chi connectivity index (χ1) is 8.81. The highest BCUT2D eigenvalue weighted by Crippen LogP contribution is 2.24. The van der Waals surface area contributed by atoms with Gasteiger partial charge in [0.2, 0.25) is 0 Å².